The number of nitrogens with zero attached hydrogens (tertiary/aromatic N) is 2. The summed E-state index contributed by atoms with van der Waals surface area (Å²) in [5.41, 5.74) is 4.88. The Morgan fingerprint density at radius 1 is 0.250 bits per heavy atom. The molecule has 0 saturated carbocycles. The minimum absolute atomic E-state index is 0.329. The first-order valence-electron chi connectivity index (χ1n) is 19.9. The number of anilines is 6. The van der Waals surface area contributed by atoms with Gasteiger partial charge in [-0.25, -0.2) is 0 Å². The van der Waals surface area contributed by atoms with Gasteiger partial charge in [0.25, 0.3) is 0 Å². The molecule has 10 aromatic carbocycles. The Morgan fingerprint density at radius 2 is 0.531 bits per heavy atom. The molecule has 10 N–H and O–H groups in total. The maximum Gasteiger partial charge on any atom is 0.208 e. The van der Waals surface area contributed by atoms with Gasteiger partial charge in [-0.3, -0.25) is 0 Å². The molecule has 64 heavy (non-hydrogen) atoms. The lowest BCUT2D eigenvalue weighted by molar-refractivity contribution is 0.329. The lowest BCUT2D eigenvalue weighted by Gasteiger charge is -2.27. The molecule has 0 spiro atoms. The van der Waals surface area contributed by atoms with E-state index >= 15 is 0 Å². The minimum Gasteiger partial charge on any atom is -0.503 e. The second kappa shape index (κ2) is 14.8. The van der Waals surface area contributed by atoms with Gasteiger partial charge < -0.3 is 60.9 Å². The van der Waals surface area contributed by atoms with Crippen LogP contribution < -0.4 is 9.80 Å². The van der Waals surface area contributed by atoms with Gasteiger partial charge in [0.15, 0.2) is 23.0 Å². The van der Waals surface area contributed by atoms with Gasteiger partial charge >= 0.3 is 0 Å². The Bertz CT molecular complexity index is 3150. The fraction of sp³-hybridized carbons (Fsp3) is 0. The molecule has 0 saturated heterocycles. The molecule has 314 valence electrons. The Morgan fingerprint density at radius 3 is 0.859 bits per heavy atom. The van der Waals surface area contributed by atoms with E-state index < -0.39 is 57.5 Å². The molecule has 10 rings (SSSR count). The van der Waals surface area contributed by atoms with Crippen molar-refractivity contribution in [3.63, 3.8) is 0 Å². The second-order valence-corrected chi connectivity index (χ2v) is 15.3. The molecule has 0 aliphatic heterocycles. The average Bonchev–Trinajstić information content (AvgIpc) is 3.34. The Kier molecular flexibility index (Phi) is 9.01. The number of hydrogen-bond acceptors (Lipinski definition) is 12. The van der Waals surface area contributed by atoms with Gasteiger partial charge in [-0.1, -0.05) is 109 Å². The lowest BCUT2D eigenvalue weighted by Crippen LogP contribution is -2.10. The highest BCUT2D eigenvalue weighted by molar-refractivity contribution is 6.27. The fourth-order valence-corrected chi connectivity index (χ4v) is 8.62. The molecule has 12 heteroatoms. The van der Waals surface area contributed by atoms with Gasteiger partial charge in [-0.05, 0) is 103 Å². The molecule has 0 aromatic heterocycles. The molecule has 0 amide bonds. The van der Waals surface area contributed by atoms with Crippen LogP contribution in [0.1, 0.15) is 0 Å². The van der Waals surface area contributed by atoms with Crippen molar-refractivity contribution >= 4 is 66.4 Å². The van der Waals surface area contributed by atoms with Crippen LogP contribution in [0.5, 0.6) is 57.5 Å². The lowest BCUT2D eigenvalue weighted by atomic mass is 9.87. The van der Waals surface area contributed by atoms with E-state index in [0.29, 0.717) is 22.7 Å². The van der Waals surface area contributed by atoms with E-state index in [2.05, 4.69) is 48.5 Å². The molecule has 0 atom stereocenters. The van der Waals surface area contributed by atoms with Crippen molar-refractivity contribution in [2.24, 2.45) is 0 Å². The summed E-state index contributed by atoms with van der Waals surface area (Å²) in [6.07, 6.45) is 0. The van der Waals surface area contributed by atoms with Gasteiger partial charge in [0.05, 0.1) is 0 Å². The minimum atomic E-state index is -1.05. The summed E-state index contributed by atoms with van der Waals surface area (Å²) in [6, 6.07) is 48.9. The first-order valence-corrected chi connectivity index (χ1v) is 19.9. The summed E-state index contributed by atoms with van der Waals surface area (Å²) in [6.45, 7) is 0. The van der Waals surface area contributed by atoms with Gasteiger partial charge in [0.1, 0.15) is 11.4 Å². The molecule has 0 aliphatic rings. The highest BCUT2D eigenvalue weighted by atomic mass is 16.4. The van der Waals surface area contributed by atoms with E-state index in [9.17, 15) is 51.1 Å². The number of para-hydroxylation sites is 2. The first kappa shape index (κ1) is 39.0. The predicted molar refractivity (Wildman–Crippen MR) is 247 cm³/mol. The van der Waals surface area contributed by atoms with Crippen molar-refractivity contribution in [1.29, 1.82) is 0 Å². The van der Waals surface area contributed by atoms with Gasteiger partial charge in [0.2, 0.25) is 34.5 Å². The monoisotopic (exact) mass is 848 g/mol. The molecule has 12 nitrogen and oxygen atoms in total. The fourth-order valence-electron chi connectivity index (χ4n) is 8.62. The van der Waals surface area contributed by atoms with Crippen molar-refractivity contribution in [1.82, 2.24) is 0 Å². The van der Waals surface area contributed by atoms with Crippen LogP contribution in [-0.2, 0) is 0 Å². The second-order valence-electron chi connectivity index (χ2n) is 15.3. The summed E-state index contributed by atoms with van der Waals surface area (Å²) in [5.74, 6) is -9.33. The molecule has 0 heterocycles. The van der Waals surface area contributed by atoms with Crippen molar-refractivity contribution in [2.45, 2.75) is 0 Å². The van der Waals surface area contributed by atoms with E-state index in [1.807, 2.05) is 24.3 Å². The van der Waals surface area contributed by atoms with E-state index in [1.165, 1.54) is 9.80 Å². The molecule has 0 aliphatic carbocycles. The third-order valence-corrected chi connectivity index (χ3v) is 11.7. The van der Waals surface area contributed by atoms with E-state index in [-0.39, 0.29) is 11.4 Å². The van der Waals surface area contributed by atoms with Crippen molar-refractivity contribution in [3.05, 3.63) is 158 Å². The summed E-state index contributed by atoms with van der Waals surface area (Å²) in [7, 11) is 0. The first-order chi connectivity index (χ1) is 30.9. The predicted octanol–water partition coefficient (Wildman–Crippen LogP) is 11.9. The number of phenolic OH excluding ortho intramolecular Hbond substituents is 10. The molecule has 0 bridgehead atoms. The zero-order valence-electron chi connectivity index (χ0n) is 33.4. The summed E-state index contributed by atoms with van der Waals surface area (Å²) in [5, 5.41) is 112. The third-order valence-electron chi connectivity index (χ3n) is 11.7. The van der Waals surface area contributed by atoms with Crippen molar-refractivity contribution in [2.75, 3.05) is 9.80 Å². The average molecular weight is 849 g/mol. The highest BCUT2D eigenvalue weighted by Crippen LogP contribution is 2.59. The topological polar surface area (TPSA) is 209 Å². The highest BCUT2D eigenvalue weighted by Gasteiger charge is 2.31. The smallest absolute Gasteiger partial charge is 0.208 e. The Balaban J connectivity index is 1.06. The van der Waals surface area contributed by atoms with Crippen LogP contribution in [-0.4, -0.2) is 51.1 Å². The molecular formula is C52H36N2O10. The SMILES string of the molecule is Oc1c(O)c(O)c(N(c2ccccc2)c2ccc(-c3ccc4ccc5c(-c6ccc(N(c7ccccc7)c7c(O)c(O)c(O)c(O)c7O)cc6)ccc6ccc3c4c65)cc2)c(O)c1O. The number of rotatable bonds is 8. The van der Waals surface area contributed by atoms with Gasteiger partial charge in [-0.15, -0.1) is 0 Å². The summed E-state index contributed by atoms with van der Waals surface area (Å²) >= 11 is 0. The third kappa shape index (κ3) is 5.92. The van der Waals surface area contributed by atoms with Crippen LogP contribution in [0.4, 0.5) is 34.1 Å². The summed E-state index contributed by atoms with van der Waals surface area (Å²) in [4.78, 5) is 2.92. The molecule has 0 fully saturated rings. The van der Waals surface area contributed by atoms with Gasteiger partial charge in [0, 0.05) is 22.7 Å². The normalized spacial score (nSPS) is 11.4. The number of hydrogen-bond donors (Lipinski definition) is 10. The maximum absolute atomic E-state index is 11.0. The van der Waals surface area contributed by atoms with Crippen LogP contribution in [0, 0.1) is 0 Å². The Labute approximate surface area is 363 Å². The standard InChI is InChI=1S/C52H36N2O10/c55-43-41(44(56)48(60)51(63)47(43)59)53(31-7-3-1-4-8-31)33-19-11-27(12-20-33)35-23-15-29-18-26-38-36(24-16-30-17-25-37(35)39(29)40(30)38)28-13-21-34(22-14-28)54(32-9-5-2-6-10-32)42-45(57)49(61)52(64)50(62)46(42)58/h1-26,55-64H. The molecule has 10 aromatic rings. The molecular weight excluding hydrogens is 813 g/mol. The van der Waals surface area contributed by atoms with Crippen LogP contribution in [0.15, 0.2) is 158 Å². The number of phenols is 10. The number of benzene rings is 10. The van der Waals surface area contributed by atoms with Crippen molar-refractivity contribution < 1.29 is 51.1 Å². The van der Waals surface area contributed by atoms with E-state index in [0.717, 1.165) is 54.6 Å². The zero-order valence-corrected chi connectivity index (χ0v) is 33.4. The van der Waals surface area contributed by atoms with Gasteiger partial charge in [-0.2, -0.15) is 0 Å². The van der Waals surface area contributed by atoms with Crippen LogP contribution >= 0.6 is 0 Å². The Hall–Kier alpha value is -9.16. The van der Waals surface area contributed by atoms with E-state index in [4.69, 9.17) is 0 Å². The number of aromatic hydroxyl groups is 10. The summed E-state index contributed by atoms with van der Waals surface area (Å²) < 4.78 is 0. The largest absolute Gasteiger partial charge is 0.503 e. The molecule has 0 radical (unpaired) electrons. The zero-order chi connectivity index (χ0) is 44.6. The van der Waals surface area contributed by atoms with Crippen LogP contribution in [0.3, 0.4) is 0 Å². The van der Waals surface area contributed by atoms with Crippen molar-refractivity contribution in [3.8, 4) is 79.7 Å². The van der Waals surface area contributed by atoms with Crippen LogP contribution in [0.25, 0.3) is 54.6 Å². The molecule has 0 unspecified atom stereocenters. The maximum atomic E-state index is 11.0. The quantitative estimate of drug-likeness (QED) is 0.0393. The van der Waals surface area contributed by atoms with Crippen LogP contribution in [0.2, 0.25) is 0 Å². The van der Waals surface area contributed by atoms with E-state index in [1.54, 1.807) is 84.9 Å².